The van der Waals surface area contributed by atoms with Gasteiger partial charge in [-0.3, -0.25) is 18.6 Å². The van der Waals surface area contributed by atoms with E-state index in [2.05, 4.69) is 98.9 Å². The molecule has 320 valence electrons. The normalized spacial score (nSPS) is 14.1. The first-order valence-electron chi connectivity index (χ1n) is 21.9. The van der Waals surface area contributed by atoms with E-state index >= 15 is 0 Å². The second-order valence-electron chi connectivity index (χ2n) is 14.0. The molecular formula is C47H79O8P. The molecule has 0 amide bonds. The number of unbranched alkanes of at least 4 members (excludes halogenated alkanes) is 13. The van der Waals surface area contributed by atoms with Gasteiger partial charge in [-0.2, -0.15) is 0 Å². The van der Waals surface area contributed by atoms with Crippen LogP contribution >= 0.6 is 7.82 Å². The summed E-state index contributed by atoms with van der Waals surface area (Å²) in [6.45, 7) is 5.27. The summed E-state index contributed by atoms with van der Waals surface area (Å²) in [5, 5.41) is 0. The maximum atomic E-state index is 12.6. The molecule has 0 rings (SSSR count). The SMILES string of the molecule is CC/C=C\C/C=C\C/C=C\C/C=C\C/C=C\CCCCCC(=O)OC(COC(=O)CCCCCCCCC/C=C\C/C=C\CCCCC)COP(=O)(O)OCC. The molecule has 0 spiro atoms. The minimum atomic E-state index is -4.30. The van der Waals surface area contributed by atoms with Gasteiger partial charge in [-0.15, -0.1) is 0 Å². The number of hydrogen-bond acceptors (Lipinski definition) is 7. The minimum absolute atomic E-state index is 0.0124. The van der Waals surface area contributed by atoms with Crippen molar-refractivity contribution in [2.75, 3.05) is 19.8 Å². The number of carbonyl (C=O) groups excluding carboxylic acids is 2. The highest BCUT2D eigenvalue weighted by atomic mass is 31.2. The quantitative estimate of drug-likeness (QED) is 0.0283. The first-order chi connectivity index (χ1) is 27.3. The third kappa shape index (κ3) is 40.9. The molecule has 0 aliphatic carbocycles. The van der Waals surface area contributed by atoms with E-state index < -0.39 is 26.5 Å². The summed E-state index contributed by atoms with van der Waals surface area (Å²) in [7, 11) is -4.30. The molecule has 2 atom stereocenters. The third-order valence-electron chi connectivity index (χ3n) is 8.69. The van der Waals surface area contributed by atoms with Crippen molar-refractivity contribution in [1.82, 2.24) is 0 Å². The first-order valence-corrected chi connectivity index (χ1v) is 23.4. The number of phosphoric acid groups is 1. The molecule has 0 saturated heterocycles. The standard InChI is InChI=1S/C47H79O8P/c1-4-7-9-11-13-15-17-19-21-23-24-26-28-30-32-34-36-38-40-42-47(49)55-45(44-54-56(50,51)53-6-3)43-52-46(48)41-39-37-35-33-31-29-27-25-22-20-18-16-14-12-10-8-5-2/h7,9,13-16,19-22,24,26,30,32,45H,4-6,8,10-12,17-18,23,25,27-29,31,33-44H2,1-3H3,(H,50,51)/b9-7-,15-13-,16-14-,21-19-,22-20-,26-24-,32-30-. The first kappa shape index (κ1) is 53.2. The molecule has 0 aliphatic rings. The van der Waals surface area contributed by atoms with Crippen LogP contribution in [-0.2, 0) is 32.7 Å². The van der Waals surface area contributed by atoms with Crippen molar-refractivity contribution >= 4 is 19.8 Å². The Labute approximate surface area is 342 Å². The third-order valence-corrected chi connectivity index (χ3v) is 9.74. The summed E-state index contributed by atoms with van der Waals surface area (Å²) in [5.74, 6) is -0.851. The lowest BCUT2D eigenvalue weighted by molar-refractivity contribution is -0.161. The number of carbonyl (C=O) groups is 2. The topological polar surface area (TPSA) is 108 Å². The maximum absolute atomic E-state index is 12.6. The zero-order chi connectivity index (χ0) is 41.1. The van der Waals surface area contributed by atoms with Crippen LogP contribution in [0.25, 0.3) is 0 Å². The summed E-state index contributed by atoms with van der Waals surface area (Å²) in [5.41, 5.74) is 0. The van der Waals surface area contributed by atoms with Crippen molar-refractivity contribution in [3.63, 3.8) is 0 Å². The van der Waals surface area contributed by atoms with Crippen LogP contribution in [0.1, 0.15) is 175 Å². The number of hydrogen-bond donors (Lipinski definition) is 1. The van der Waals surface area contributed by atoms with Crippen LogP contribution in [0.15, 0.2) is 85.1 Å². The van der Waals surface area contributed by atoms with Gasteiger partial charge >= 0.3 is 19.8 Å². The number of phosphoric ester groups is 1. The van der Waals surface area contributed by atoms with Gasteiger partial charge < -0.3 is 14.4 Å². The van der Waals surface area contributed by atoms with Gasteiger partial charge in [0.2, 0.25) is 0 Å². The summed E-state index contributed by atoms with van der Waals surface area (Å²) >= 11 is 0. The average molecular weight is 803 g/mol. The number of allylic oxidation sites excluding steroid dienone is 14. The smallest absolute Gasteiger partial charge is 0.462 e. The molecule has 56 heavy (non-hydrogen) atoms. The van der Waals surface area contributed by atoms with Crippen molar-refractivity contribution in [3.05, 3.63) is 85.1 Å². The highest BCUT2D eigenvalue weighted by Crippen LogP contribution is 2.43. The van der Waals surface area contributed by atoms with Crippen molar-refractivity contribution in [3.8, 4) is 0 Å². The fourth-order valence-electron chi connectivity index (χ4n) is 5.51. The largest absolute Gasteiger partial charge is 0.472 e. The fourth-order valence-corrected chi connectivity index (χ4v) is 6.26. The highest BCUT2D eigenvalue weighted by Gasteiger charge is 2.25. The van der Waals surface area contributed by atoms with Gasteiger partial charge in [0.05, 0.1) is 13.2 Å². The molecule has 0 bridgehead atoms. The lowest BCUT2D eigenvalue weighted by Gasteiger charge is -2.19. The number of ether oxygens (including phenoxy) is 2. The lowest BCUT2D eigenvalue weighted by Crippen LogP contribution is -2.29. The summed E-state index contributed by atoms with van der Waals surface area (Å²) in [6, 6.07) is 0. The van der Waals surface area contributed by atoms with E-state index in [1.807, 2.05) is 0 Å². The molecule has 0 saturated carbocycles. The Morgan fingerprint density at radius 1 is 0.500 bits per heavy atom. The molecule has 2 unspecified atom stereocenters. The summed E-state index contributed by atoms with van der Waals surface area (Å²) < 4.78 is 32.6. The van der Waals surface area contributed by atoms with Gasteiger partial charge in [-0.1, -0.05) is 150 Å². The molecule has 0 heterocycles. The Morgan fingerprint density at radius 2 is 0.911 bits per heavy atom. The minimum Gasteiger partial charge on any atom is -0.462 e. The molecule has 0 aliphatic heterocycles. The second-order valence-corrected chi connectivity index (χ2v) is 15.4. The Bertz CT molecular complexity index is 1180. The van der Waals surface area contributed by atoms with Crippen LogP contribution in [0.5, 0.6) is 0 Å². The fraction of sp³-hybridized carbons (Fsp3) is 0.660. The highest BCUT2D eigenvalue weighted by molar-refractivity contribution is 7.47. The number of esters is 2. The van der Waals surface area contributed by atoms with Crippen molar-refractivity contribution in [1.29, 1.82) is 0 Å². The molecule has 8 nitrogen and oxygen atoms in total. The Kier molecular flexibility index (Phi) is 39.8. The Balaban J connectivity index is 4.18. The second kappa shape index (κ2) is 41.9. The van der Waals surface area contributed by atoms with Crippen LogP contribution in [0.2, 0.25) is 0 Å². The van der Waals surface area contributed by atoms with Crippen molar-refractivity contribution < 1.29 is 37.6 Å². The molecular weight excluding hydrogens is 723 g/mol. The van der Waals surface area contributed by atoms with E-state index in [0.29, 0.717) is 6.42 Å². The summed E-state index contributed by atoms with van der Waals surface area (Å²) in [4.78, 5) is 34.8. The number of rotatable bonds is 39. The van der Waals surface area contributed by atoms with E-state index in [9.17, 15) is 19.0 Å². The van der Waals surface area contributed by atoms with E-state index in [4.69, 9.17) is 18.5 Å². The molecule has 0 radical (unpaired) electrons. The summed E-state index contributed by atoms with van der Waals surface area (Å²) in [6.07, 6.45) is 53.5. The van der Waals surface area contributed by atoms with Crippen LogP contribution in [0.3, 0.4) is 0 Å². The van der Waals surface area contributed by atoms with E-state index in [-0.39, 0.29) is 32.0 Å². The van der Waals surface area contributed by atoms with E-state index in [0.717, 1.165) is 89.9 Å². The molecule has 0 aromatic rings. The lowest BCUT2D eigenvalue weighted by atomic mass is 10.1. The molecule has 0 fully saturated rings. The van der Waals surface area contributed by atoms with Gasteiger partial charge in [-0.05, 0) is 96.8 Å². The van der Waals surface area contributed by atoms with Crippen LogP contribution in [-0.4, -0.2) is 42.8 Å². The molecule has 0 aromatic carbocycles. The van der Waals surface area contributed by atoms with E-state index in [1.54, 1.807) is 6.92 Å². The van der Waals surface area contributed by atoms with Crippen LogP contribution in [0, 0.1) is 0 Å². The molecule has 1 N–H and O–H groups in total. The predicted octanol–water partition coefficient (Wildman–Crippen LogP) is 13.9. The molecule has 9 heteroatoms. The van der Waals surface area contributed by atoms with Crippen molar-refractivity contribution in [2.45, 2.75) is 181 Å². The maximum Gasteiger partial charge on any atom is 0.472 e. The monoisotopic (exact) mass is 803 g/mol. The molecule has 0 aromatic heterocycles. The Hall–Kier alpha value is -2.77. The van der Waals surface area contributed by atoms with Crippen LogP contribution in [0.4, 0.5) is 0 Å². The van der Waals surface area contributed by atoms with Gasteiger partial charge in [0.25, 0.3) is 0 Å². The zero-order valence-electron chi connectivity index (χ0n) is 35.5. The van der Waals surface area contributed by atoms with Gasteiger partial charge in [0, 0.05) is 12.8 Å². The van der Waals surface area contributed by atoms with Crippen molar-refractivity contribution in [2.24, 2.45) is 0 Å². The van der Waals surface area contributed by atoms with Gasteiger partial charge in [-0.25, -0.2) is 4.57 Å². The van der Waals surface area contributed by atoms with Gasteiger partial charge in [0.1, 0.15) is 6.61 Å². The zero-order valence-corrected chi connectivity index (χ0v) is 36.4. The Morgan fingerprint density at radius 3 is 1.39 bits per heavy atom. The predicted molar refractivity (Wildman–Crippen MR) is 234 cm³/mol. The average Bonchev–Trinajstić information content (AvgIpc) is 3.18. The van der Waals surface area contributed by atoms with E-state index in [1.165, 1.54) is 44.9 Å². The van der Waals surface area contributed by atoms with Gasteiger partial charge in [0.15, 0.2) is 6.10 Å². The van der Waals surface area contributed by atoms with Crippen LogP contribution < -0.4 is 0 Å².